The second kappa shape index (κ2) is 8.94. The third kappa shape index (κ3) is 4.37. The Bertz CT molecular complexity index is 1020. The van der Waals surface area contributed by atoms with E-state index in [2.05, 4.69) is 11.8 Å². The predicted molar refractivity (Wildman–Crippen MR) is 123 cm³/mol. The molecular formula is C26H31FN2O3. The predicted octanol–water partition coefficient (Wildman–Crippen LogP) is 5.03. The van der Waals surface area contributed by atoms with Gasteiger partial charge in [-0.2, -0.15) is 0 Å². The van der Waals surface area contributed by atoms with E-state index >= 15 is 0 Å². The van der Waals surface area contributed by atoms with E-state index in [4.69, 9.17) is 4.74 Å². The largest absolute Gasteiger partial charge is 0.504 e. The molecule has 1 N–H and O–H groups in total. The fourth-order valence-corrected chi connectivity index (χ4v) is 4.77. The van der Waals surface area contributed by atoms with Crippen LogP contribution in [0, 0.1) is 5.82 Å². The molecule has 0 aromatic heterocycles. The summed E-state index contributed by atoms with van der Waals surface area (Å²) in [7, 11) is 0. The van der Waals surface area contributed by atoms with Crippen LogP contribution in [0.15, 0.2) is 54.6 Å². The summed E-state index contributed by atoms with van der Waals surface area (Å²) in [6.07, 6.45) is 6.04. The fourth-order valence-electron chi connectivity index (χ4n) is 4.77. The minimum absolute atomic E-state index is 0.0328. The lowest BCUT2D eigenvalue weighted by molar-refractivity contribution is -0.114. The molecule has 2 aliphatic rings. The molecule has 32 heavy (non-hydrogen) atoms. The molecule has 5 nitrogen and oxygen atoms in total. The van der Waals surface area contributed by atoms with Gasteiger partial charge in [-0.05, 0) is 69.0 Å². The summed E-state index contributed by atoms with van der Waals surface area (Å²) in [5.41, 5.74) is 1.25. The maximum absolute atomic E-state index is 13.9. The van der Waals surface area contributed by atoms with Crippen LogP contribution in [0.25, 0.3) is 0 Å². The Morgan fingerprint density at radius 3 is 2.81 bits per heavy atom. The van der Waals surface area contributed by atoms with Crippen LogP contribution in [0.4, 0.5) is 10.1 Å². The number of likely N-dealkylation sites (tertiary alicyclic amines) is 1. The maximum Gasteiger partial charge on any atom is 0.251 e. The van der Waals surface area contributed by atoms with Crippen LogP contribution in [0.1, 0.15) is 45.6 Å². The third-order valence-electron chi connectivity index (χ3n) is 6.69. The lowest BCUT2D eigenvalue weighted by atomic mass is 9.82. The van der Waals surface area contributed by atoms with Crippen molar-refractivity contribution in [2.24, 2.45) is 0 Å². The molecule has 0 bridgehead atoms. The van der Waals surface area contributed by atoms with E-state index in [1.807, 2.05) is 32.1 Å². The van der Waals surface area contributed by atoms with Crippen LogP contribution in [0.3, 0.4) is 0 Å². The lowest BCUT2D eigenvalue weighted by Crippen LogP contribution is -2.56. The van der Waals surface area contributed by atoms with Gasteiger partial charge in [0.1, 0.15) is 5.82 Å². The molecule has 1 amide bonds. The molecule has 1 fully saturated rings. The highest BCUT2D eigenvalue weighted by molar-refractivity contribution is 6.06. The summed E-state index contributed by atoms with van der Waals surface area (Å²) >= 11 is 0. The summed E-state index contributed by atoms with van der Waals surface area (Å²) in [6.45, 7) is 7.72. The van der Waals surface area contributed by atoms with Gasteiger partial charge in [0.2, 0.25) is 0 Å². The second-order valence-corrected chi connectivity index (χ2v) is 9.00. The SMILES string of the molecule is CC[C@@H](C)Oc1cc(CN2CC[C@]3(C=CC(=O)N3c3cccc(F)c3)C[C@@H]2C)ccc1O. The topological polar surface area (TPSA) is 53.0 Å². The van der Waals surface area contributed by atoms with Crippen LogP contribution in [-0.2, 0) is 11.3 Å². The molecular weight excluding hydrogens is 407 g/mol. The van der Waals surface area contributed by atoms with E-state index < -0.39 is 5.54 Å². The zero-order valence-corrected chi connectivity index (χ0v) is 18.9. The van der Waals surface area contributed by atoms with Crippen molar-refractivity contribution in [1.82, 2.24) is 4.90 Å². The van der Waals surface area contributed by atoms with Gasteiger partial charge in [0, 0.05) is 30.9 Å². The Morgan fingerprint density at radius 1 is 1.28 bits per heavy atom. The highest BCUT2D eigenvalue weighted by atomic mass is 19.1. The summed E-state index contributed by atoms with van der Waals surface area (Å²) in [5.74, 6) is 0.229. The standard InChI is InChI=1S/C26H31FN2O3/c1-4-19(3)32-24-14-20(8-9-23(24)30)17-28-13-12-26(16-18(28)2)11-10-25(31)29(26)22-7-5-6-21(27)15-22/h5-11,14-15,18-19,30H,4,12-13,16-17H2,1-3H3/t18-,19+,26+/m0/s1. The summed E-state index contributed by atoms with van der Waals surface area (Å²) in [6, 6.07) is 12.0. The number of phenolic OH excluding ortho intramolecular Hbond substituents is 1. The molecule has 2 heterocycles. The number of halogens is 1. The molecule has 0 aliphatic carbocycles. The normalized spacial score (nSPS) is 24.3. The monoisotopic (exact) mass is 438 g/mol. The number of ether oxygens (including phenoxy) is 1. The van der Waals surface area contributed by atoms with Crippen molar-refractivity contribution >= 4 is 11.6 Å². The minimum atomic E-state index is -0.430. The van der Waals surface area contributed by atoms with Crippen LogP contribution in [0.2, 0.25) is 0 Å². The van der Waals surface area contributed by atoms with Gasteiger partial charge in [0.25, 0.3) is 5.91 Å². The summed E-state index contributed by atoms with van der Waals surface area (Å²) in [4.78, 5) is 16.8. The van der Waals surface area contributed by atoms with E-state index in [9.17, 15) is 14.3 Å². The van der Waals surface area contributed by atoms with Crippen LogP contribution in [-0.4, -0.2) is 40.1 Å². The Morgan fingerprint density at radius 2 is 2.09 bits per heavy atom. The number of aromatic hydroxyl groups is 1. The van der Waals surface area contributed by atoms with Gasteiger partial charge in [-0.25, -0.2) is 4.39 Å². The smallest absolute Gasteiger partial charge is 0.251 e. The molecule has 3 atom stereocenters. The molecule has 0 radical (unpaired) electrons. The first-order valence-electron chi connectivity index (χ1n) is 11.3. The zero-order chi connectivity index (χ0) is 22.9. The molecule has 4 rings (SSSR count). The average Bonchev–Trinajstić information content (AvgIpc) is 3.07. The second-order valence-electron chi connectivity index (χ2n) is 9.00. The molecule has 0 saturated carbocycles. The van der Waals surface area contributed by atoms with E-state index in [0.29, 0.717) is 11.4 Å². The summed E-state index contributed by atoms with van der Waals surface area (Å²) in [5, 5.41) is 10.1. The van der Waals surface area contributed by atoms with Crippen molar-refractivity contribution in [3.63, 3.8) is 0 Å². The quantitative estimate of drug-likeness (QED) is 0.687. The van der Waals surface area contributed by atoms with Crippen molar-refractivity contribution in [3.05, 3.63) is 66.0 Å². The van der Waals surface area contributed by atoms with Crippen LogP contribution >= 0.6 is 0 Å². The lowest BCUT2D eigenvalue weighted by Gasteiger charge is -2.47. The molecule has 0 unspecified atom stereocenters. The molecule has 6 heteroatoms. The number of rotatable bonds is 6. The number of hydrogen-bond acceptors (Lipinski definition) is 4. The van der Waals surface area contributed by atoms with E-state index in [-0.39, 0.29) is 29.6 Å². The summed E-state index contributed by atoms with van der Waals surface area (Å²) < 4.78 is 19.7. The van der Waals surface area contributed by atoms with Crippen molar-refractivity contribution in [2.45, 2.75) is 64.3 Å². The Kier molecular flexibility index (Phi) is 6.24. The third-order valence-corrected chi connectivity index (χ3v) is 6.69. The van der Waals surface area contributed by atoms with Gasteiger partial charge in [-0.15, -0.1) is 0 Å². The number of hydrogen-bond donors (Lipinski definition) is 1. The van der Waals surface area contributed by atoms with Crippen LogP contribution < -0.4 is 9.64 Å². The number of carbonyl (C=O) groups is 1. The maximum atomic E-state index is 13.9. The average molecular weight is 439 g/mol. The number of carbonyl (C=O) groups excluding carboxylic acids is 1. The van der Waals surface area contributed by atoms with E-state index in [1.165, 1.54) is 12.1 Å². The number of phenols is 1. The van der Waals surface area contributed by atoms with Gasteiger partial charge >= 0.3 is 0 Å². The molecule has 2 aliphatic heterocycles. The molecule has 170 valence electrons. The van der Waals surface area contributed by atoms with E-state index in [0.717, 1.165) is 37.9 Å². The Labute approximate surface area is 189 Å². The first kappa shape index (κ1) is 22.3. The Balaban J connectivity index is 1.49. The van der Waals surface area contributed by atoms with Gasteiger partial charge in [0.05, 0.1) is 11.6 Å². The van der Waals surface area contributed by atoms with Crippen molar-refractivity contribution in [1.29, 1.82) is 0 Å². The highest BCUT2D eigenvalue weighted by Gasteiger charge is 2.46. The molecule has 1 spiro atoms. The molecule has 1 saturated heterocycles. The minimum Gasteiger partial charge on any atom is -0.504 e. The molecule has 2 aromatic carbocycles. The number of amides is 1. The Hall–Kier alpha value is -2.86. The van der Waals surface area contributed by atoms with Crippen LogP contribution in [0.5, 0.6) is 11.5 Å². The number of nitrogens with zero attached hydrogens (tertiary/aromatic N) is 2. The van der Waals surface area contributed by atoms with Gasteiger partial charge < -0.3 is 9.84 Å². The van der Waals surface area contributed by atoms with E-state index in [1.54, 1.807) is 29.2 Å². The van der Waals surface area contributed by atoms with Gasteiger partial charge in [-0.1, -0.05) is 25.1 Å². The fraction of sp³-hybridized carbons (Fsp3) is 0.423. The first-order chi connectivity index (χ1) is 15.3. The highest BCUT2D eigenvalue weighted by Crippen LogP contribution is 2.41. The molecule has 2 aromatic rings. The number of benzene rings is 2. The van der Waals surface area contributed by atoms with Crippen molar-refractivity contribution in [2.75, 3.05) is 11.4 Å². The van der Waals surface area contributed by atoms with Crippen molar-refractivity contribution < 1.29 is 19.0 Å². The van der Waals surface area contributed by atoms with Gasteiger partial charge in [0.15, 0.2) is 11.5 Å². The zero-order valence-electron chi connectivity index (χ0n) is 18.9. The first-order valence-corrected chi connectivity index (χ1v) is 11.3. The van der Waals surface area contributed by atoms with Gasteiger partial charge in [-0.3, -0.25) is 14.6 Å². The number of anilines is 1. The number of piperidine rings is 1. The van der Waals surface area contributed by atoms with Crippen molar-refractivity contribution in [3.8, 4) is 11.5 Å².